The van der Waals surface area contributed by atoms with Gasteiger partial charge in [0, 0.05) is 21.2 Å². The Bertz CT molecular complexity index is 996. The Morgan fingerprint density at radius 1 is 1.28 bits per heavy atom. The molecular formula is C18H14FNO4S. The van der Waals surface area contributed by atoms with Crippen molar-refractivity contribution in [3.8, 4) is 5.75 Å². The molecule has 3 N–H and O–H groups in total. The van der Waals surface area contributed by atoms with E-state index in [1.165, 1.54) is 18.2 Å². The van der Waals surface area contributed by atoms with Crippen LogP contribution >= 0.6 is 11.3 Å². The number of primary amides is 1. The fraction of sp³-hybridized carbons (Fsp3) is 0.111. The van der Waals surface area contributed by atoms with Gasteiger partial charge in [-0.05, 0) is 42.8 Å². The van der Waals surface area contributed by atoms with Gasteiger partial charge >= 0.3 is 5.97 Å². The van der Waals surface area contributed by atoms with Gasteiger partial charge in [0.2, 0.25) is 5.91 Å². The molecule has 0 radical (unpaired) electrons. The van der Waals surface area contributed by atoms with Gasteiger partial charge in [-0.25, -0.2) is 9.18 Å². The molecule has 0 aliphatic rings. The SMILES string of the molecule is Cc1cc(OCc2c(C(=O)O)sc3cccc(F)c23)ccc1C(N)=O. The summed E-state index contributed by atoms with van der Waals surface area (Å²) in [6.45, 7) is 1.62. The van der Waals surface area contributed by atoms with Crippen LogP contribution in [0.5, 0.6) is 5.75 Å². The summed E-state index contributed by atoms with van der Waals surface area (Å²) in [7, 11) is 0. The van der Waals surface area contributed by atoms with E-state index in [2.05, 4.69) is 0 Å². The summed E-state index contributed by atoms with van der Waals surface area (Å²) in [5.41, 5.74) is 6.58. The maximum Gasteiger partial charge on any atom is 0.346 e. The normalized spacial score (nSPS) is 10.8. The van der Waals surface area contributed by atoms with Crippen LogP contribution in [-0.2, 0) is 6.61 Å². The summed E-state index contributed by atoms with van der Waals surface area (Å²) in [6.07, 6.45) is 0. The highest BCUT2D eigenvalue weighted by molar-refractivity contribution is 7.21. The lowest BCUT2D eigenvalue weighted by Crippen LogP contribution is -2.12. The van der Waals surface area contributed by atoms with Crippen molar-refractivity contribution in [2.75, 3.05) is 0 Å². The highest BCUT2D eigenvalue weighted by Gasteiger charge is 2.20. The molecule has 0 aliphatic carbocycles. The molecule has 0 fully saturated rings. The number of nitrogens with two attached hydrogens (primary N) is 1. The van der Waals surface area contributed by atoms with E-state index in [0.29, 0.717) is 27.1 Å². The van der Waals surface area contributed by atoms with Gasteiger partial charge in [-0.1, -0.05) is 6.07 Å². The second-order valence-electron chi connectivity index (χ2n) is 5.46. The minimum atomic E-state index is -1.13. The van der Waals surface area contributed by atoms with Crippen LogP contribution in [0, 0.1) is 12.7 Å². The van der Waals surface area contributed by atoms with Gasteiger partial charge < -0.3 is 15.6 Å². The summed E-state index contributed by atoms with van der Waals surface area (Å²) in [6, 6.07) is 9.23. The summed E-state index contributed by atoms with van der Waals surface area (Å²) < 4.78 is 20.4. The number of halogens is 1. The Balaban J connectivity index is 1.96. The van der Waals surface area contributed by atoms with E-state index >= 15 is 0 Å². The quantitative estimate of drug-likeness (QED) is 0.726. The zero-order valence-corrected chi connectivity index (χ0v) is 14.0. The van der Waals surface area contributed by atoms with Gasteiger partial charge in [-0.3, -0.25) is 4.79 Å². The number of thiophene rings is 1. The Morgan fingerprint density at radius 2 is 2.04 bits per heavy atom. The van der Waals surface area contributed by atoms with Crippen molar-refractivity contribution in [2.45, 2.75) is 13.5 Å². The molecule has 2 aromatic carbocycles. The van der Waals surface area contributed by atoms with Gasteiger partial charge in [0.1, 0.15) is 23.1 Å². The lowest BCUT2D eigenvalue weighted by molar-refractivity contribution is 0.0699. The average molecular weight is 359 g/mol. The summed E-state index contributed by atoms with van der Waals surface area (Å²) in [5, 5.41) is 9.64. The van der Waals surface area contributed by atoms with E-state index in [1.54, 1.807) is 25.1 Å². The molecule has 1 heterocycles. The Labute approximate surface area is 146 Å². The number of benzene rings is 2. The van der Waals surface area contributed by atoms with Crippen LogP contribution < -0.4 is 10.5 Å². The Kier molecular flexibility index (Phi) is 4.41. The first-order valence-electron chi connectivity index (χ1n) is 7.35. The molecule has 3 rings (SSSR count). The van der Waals surface area contributed by atoms with Gasteiger partial charge in [0.15, 0.2) is 0 Å². The maximum atomic E-state index is 14.2. The minimum absolute atomic E-state index is 0.0468. The largest absolute Gasteiger partial charge is 0.489 e. The van der Waals surface area contributed by atoms with E-state index < -0.39 is 17.7 Å². The Hall–Kier alpha value is -2.93. The van der Waals surface area contributed by atoms with Crippen LogP contribution in [0.2, 0.25) is 0 Å². The van der Waals surface area contributed by atoms with Crippen molar-refractivity contribution < 1.29 is 23.8 Å². The molecule has 25 heavy (non-hydrogen) atoms. The van der Waals surface area contributed by atoms with E-state index in [4.69, 9.17) is 10.5 Å². The van der Waals surface area contributed by atoms with Crippen LogP contribution in [0.3, 0.4) is 0 Å². The fourth-order valence-electron chi connectivity index (χ4n) is 2.64. The van der Waals surface area contributed by atoms with Crippen molar-refractivity contribution in [3.63, 3.8) is 0 Å². The highest BCUT2D eigenvalue weighted by atomic mass is 32.1. The van der Waals surface area contributed by atoms with Crippen LogP contribution in [0.1, 0.15) is 31.2 Å². The van der Waals surface area contributed by atoms with Crippen molar-refractivity contribution in [3.05, 3.63) is 63.8 Å². The zero-order chi connectivity index (χ0) is 18.1. The number of rotatable bonds is 5. The number of aromatic carboxylic acids is 1. The first-order valence-corrected chi connectivity index (χ1v) is 8.16. The number of ether oxygens (including phenoxy) is 1. The number of fused-ring (bicyclic) bond motifs is 1. The molecule has 0 atom stereocenters. The zero-order valence-electron chi connectivity index (χ0n) is 13.2. The van der Waals surface area contributed by atoms with E-state index in [0.717, 1.165) is 11.3 Å². The average Bonchev–Trinajstić information content (AvgIpc) is 2.93. The third-order valence-electron chi connectivity index (χ3n) is 3.80. The molecule has 128 valence electrons. The molecule has 0 spiro atoms. The topological polar surface area (TPSA) is 89.6 Å². The molecular weight excluding hydrogens is 345 g/mol. The minimum Gasteiger partial charge on any atom is -0.489 e. The molecule has 0 aliphatic heterocycles. The summed E-state index contributed by atoms with van der Waals surface area (Å²) >= 11 is 1.01. The third kappa shape index (κ3) is 3.18. The number of carbonyl (C=O) groups excluding carboxylic acids is 1. The summed E-state index contributed by atoms with van der Waals surface area (Å²) in [5.74, 6) is -1.71. The van der Waals surface area contributed by atoms with E-state index in [9.17, 15) is 19.1 Å². The molecule has 7 heteroatoms. The first-order chi connectivity index (χ1) is 11.9. The molecule has 0 unspecified atom stereocenters. The first kappa shape index (κ1) is 16.9. The second kappa shape index (κ2) is 6.52. The van der Waals surface area contributed by atoms with Gasteiger partial charge in [-0.15, -0.1) is 11.3 Å². The molecule has 5 nitrogen and oxygen atoms in total. The number of hydrogen-bond donors (Lipinski definition) is 2. The predicted octanol–water partition coefficient (Wildman–Crippen LogP) is 3.72. The molecule has 0 saturated carbocycles. The van der Waals surface area contributed by atoms with Gasteiger partial charge in [0.25, 0.3) is 0 Å². The number of hydrogen-bond acceptors (Lipinski definition) is 4. The van der Waals surface area contributed by atoms with Crippen LogP contribution in [0.25, 0.3) is 10.1 Å². The predicted molar refractivity (Wildman–Crippen MR) is 92.8 cm³/mol. The molecule has 3 aromatic rings. The third-order valence-corrected chi connectivity index (χ3v) is 4.99. The standard InChI is InChI=1S/C18H14FNO4S/c1-9-7-10(5-6-11(9)17(20)21)24-8-12-15-13(19)3-2-4-14(15)25-16(12)18(22)23/h2-7H,8H2,1H3,(H2,20,21)(H,22,23). The lowest BCUT2D eigenvalue weighted by atomic mass is 10.1. The van der Waals surface area contributed by atoms with Crippen molar-refractivity contribution in [1.82, 2.24) is 0 Å². The number of carbonyl (C=O) groups is 2. The number of amides is 1. The number of carboxylic acids is 1. The Morgan fingerprint density at radius 3 is 2.68 bits per heavy atom. The smallest absolute Gasteiger partial charge is 0.346 e. The van der Waals surface area contributed by atoms with E-state index in [-0.39, 0.29) is 16.9 Å². The molecule has 1 amide bonds. The van der Waals surface area contributed by atoms with Gasteiger partial charge in [-0.2, -0.15) is 0 Å². The number of aryl methyl sites for hydroxylation is 1. The highest BCUT2D eigenvalue weighted by Crippen LogP contribution is 2.34. The van der Waals surface area contributed by atoms with Crippen molar-refractivity contribution in [1.29, 1.82) is 0 Å². The molecule has 1 aromatic heterocycles. The van der Waals surface area contributed by atoms with Crippen molar-refractivity contribution in [2.24, 2.45) is 5.73 Å². The van der Waals surface area contributed by atoms with Gasteiger partial charge in [0.05, 0.1) is 0 Å². The maximum absolute atomic E-state index is 14.2. The van der Waals surface area contributed by atoms with Crippen molar-refractivity contribution >= 4 is 33.3 Å². The summed E-state index contributed by atoms with van der Waals surface area (Å²) in [4.78, 5) is 22.8. The van der Waals surface area contributed by atoms with Crippen LogP contribution in [0.4, 0.5) is 4.39 Å². The van der Waals surface area contributed by atoms with Crippen LogP contribution in [0.15, 0.2) is 36.4 Å². The second-order valence-corrected chi connectivity index (χ2v) is 6.51. The van der Waals surface area contributed by atoms with E-state index in [1.807, 2.05) is 0 Å². The van der Waals surface area contributed by atoms with Crippen LogP contribution in [-0.4, -0.2) is 17.0 Å². The fourth-order valence-corrected chi connectivity index (χ4v) is 3.70. The number of carboxylic acid groups (broad SMARTS) is 1. The lowest BCUT2D eigenvalue weighted by Gasteiger charge is -2.09. The molecule has 0 bridgehead atoms. The molecule has 0 saturated heterocycles. The monoisotopic (exact) mass is 359 g/mol.